The number of hydrogen-bond donors (Lipinski definition) is 3. The Morgan fingerprint density at radius 1 is 1.23 bits per heavy atom. The zero-order valence-electron chi connectivity index (χ0n) is 14.5. The fraction of sp³-hybridized carbons (Fsp3) is 0.381. The van der Waals surface area contributed by atoms with Crippen LogP contribution >= 0.6 is 0 Å². The van der Waals surface area contributed by atoms with Crippen molar-refractivity contribution in [3.63, 3.8) is 0 Å². The smallest absolute Gasteiger partial charge is 0.224 e. The van der Waals surface area contributed by atoms with Crippen LogP contribution in [0.5, 0.6) is 11.5 Å². The topological polar surface area (TPSA) is 78.8 Å². The second kappa shape index (κ2) is 7.00. The van der Waals surface area contributed by atoms with E-state index in [2.05, 4.69) is 11.4 Å². The number of carbonyl (C=O) groups excluding carboxylic acids is 1. The standard InChI is InChI=1S/C21H23NO4/c23-17-3-1-2-13(8-17)9-20(25)22-21(16-11-18(24)12-16)15-4-5-19-14(10-15)6-7-26-19/h1-5,8,10,16,18,21,23-24H,6-7,9,11-12H2,(H,22,25)/t16?,18?,21-/m1/s1. The van der Waals surface area contributed by atoms with Gasteiger partial charge in [0.25, 0.3) is 0 Å². The minimum absolute atomic E-state index is 0.0845. The molecule has 2 aromatic carbocycles. The van der Waals surface area contributed by atoms with Crippen LogP contribution < -0.4 is 10.1 Å². The Balaban J connectivity index is 1.51. The summed E-state index contributed by atoms with van der Waals surface area (Å²) in [6, 6.07) is 12.7. The van der Waals surface area contributed by atoms with E-state index < -0.39 is 0 Å². The van der Waals surface area contributed by atoms with E-state index in [4.69, 9.17) is 4.74 Å². The van der Waals surface area contributed by atoms with E-state index in [9.17, 15) is 15.0 Å². The molecule has 1 heterocycles. The Kier molecular flexibility index (Phi) is 4.55. The summed E-state index contributed by atoms with van der Waals surface area (Å²) in [5, 5.41) is 22.4. The minimum Gasteiger partial charge on any atom is -0.508 e. The molecule has 5 heteroatoms. The van der Waals surface area contributed by atoms with Crippen LogP contribution in [0.2, 0.25) is 0 Å². The van der Waals surface area contributed by atoms with E-state index in [1.165, 1.54) is 5.56 Å². The molecule has 1 aliphatic carbocycles. The Labute approximate surface area is 152 Å². The predicted octanol–water partition coefficient (Wildman–Crippen LogP) is 2.50. The molecule has 1 amide bonds. The average molecular weight is 353 g/mol. The first-order chi connectivity index (χ1) is 12.6. The molecule has 1 aliphatic heterocycles. The van der Waals surface area contributed by atoms with Gasteiger partial charge in [0, 0.05) is 6.42 Å². The Morgan fingerprint density at radius 2 is 2.08 bits per heavy atom. The first-order valence-electron chi connectivity index (χ1n) is 9.09. The number of carbonyl (C=O) groups is 1. The number of fused-ring (bicyclic) bond motifs is 1. The highest BCUT2D eigenvalue weighted by Gasteiger charge is 2.36. The highest BCUT2D eigenvalue weighted by molar-refractivity contribution is 5.79. The third-order valence-electron chi connectivity index (χ3n) is 5.29. The van der Waals surface area contributed by atoms with E-state index in [0.717, 1.165) is 23.3 Å². The van der Waals surface area contributed by atoms with Gasteiger partial charge in [0.05, 0.1) is 25.2 Å². The highest BCUT2D eigenvalue weighted by Crippen LogP contribution is 2.39. The van der Waals surface area contributed by atoms with Crippen LogP contribution in [0.3, 0.4) is 0 Å². The fourth-order valence-electron chi connectivity index (χ4n) is 3.85. The predicted molar refractivity (Wildman–Crippen MR) is 97.1 cm³/mol. The molecule has 0 radical (unpaired) electrons. The molecule has 0 unspecified atom stereocenters. The maximum absolute atomic E-state index is 12.6. The molecular weight excluding hydrogens is 330 g/mol. The van der Waals surface area contributed by atoms with Gasteiger partial charge in [0.1, 0.15) is 11.5 Å². The van der Waals surface area contributed by atoms with Gasteiger partial charge in [-0.05, 0) is 59.7 Å². The van der Waals surface area contributed by atoms with Crippen molar-refractivity contribution in [3.05, 3.63) is 59.2 Å². The van der Waals surface area contributed by atoms with Crippen molar-refractivity contribution in [1.29, 1.82) is 0 Å². The summed E-state index contributed by atoms with van der Waals surface area (Å²) >= 11 is 0. The maximum atomic E-state index is 12.6. The minimum atomic E-state index is -0.275. The number of aliphatic hydroxyl groups is 1. The van der Waals surface area contributed by atoms with Crippen LogP contribution in [-0.2, 0) is 17.6 Å². The molecule has 2 aliphatic rings. The first-order valence-corrected chi connectivity index (χ1v) is 9.09. The molecule has 2 aromatic rings. The molecule has 0 saturated heterocycles. The lowest BCUT2D eigenvalue weighted by molar-refractivity contribution is -0.122. The molecule has 0 spiro atoms. The summed E-state index contributed by atoms with van der Waals surface area (Å²) < 4.78 is 5.57. The van der Waals surface area contributed by atoms with Crippen molar-refractivity contribution in [2.75, 3.05) is 6.61 Å². The number of aromatic hydroxyl groups is 1. The largest absolute Gasteiger partial charge is 0.508 e. The van der Waals surface area contributed by atoms with Crippen LogP contribution in [-0.4, -0.2) is 28.8 Å². The van der Waals surface area contributed by atoms with Crippen LogP contribution in [0.1, 0.15) is 35.6 Å². The molecule has 3 N–H and O–H groups in total. The summed E-state index contributed by atoms with van der Waals surface area (Å²) in [5.74, 6) is 1.23. The Hall–Kier alpha value is -2.53. The van der Waals surface area contributed by atoms with Crippen molar-refractivity contribution >= 4 is 5.91 Å². The summed E-state index contributed by atoms with van der Waals surface area (Å²) in [4.78, 5) is 12.6. The molecule has 0 aromatic heterocycles. The fourth-order valence-corrected chi connectivity index (χ4v) is 3.85. The van der Waals surface area contributed by atoms with Gasteiger partial charge in [-0.2, -0.15) is 0 Å². The van der Waals surface area contributed by atoms with E-state index in [1.54, 1.807) is 18.2 Å². The SMILES string of the molecule is O=C(Cc1cccc(O)c1)N[C@H](c1ccc2c(c1)CCO2)C1CC(O)C1. The highest BCUT2D eigenvalue weighted by atomic mass is 16.5. The number of amides is 1. The monoisotopic (exact) mass is 353 g/mol. The van der Waals surface area contributed by atoms with Crippen LogP contribution in [0.25, 0.3) is 0 Å². The lowest BCUT2D eigenvalue weighted by Crippen LogP contribution is -2.41. The van der Waals surface area contributed by atoms with Crippen molar-refractivity contribution in [3.8, 4) is 11.5 Å². The van der Waals surface area contributed by atoms with Crippen molar-refractivity contribution in [2.45, 2.75) is 37.8 Å². The number of nitrogens with one attached hydrogen (secondary N) is 1. The van der Waals surface area contributed by atoms with Crippen LogP contribution in [0.4, 0.5) is 0 Å². The second-order valence-electron chi connectivity index (χ2n) is 7.24. The first kappa shape index (κ1) is 16.9. The molecule has 1 atom stereocenters. The number of rotatable bonds is 5. The van der Waals surface area contributed by atoms with Gasteiger partial charge in [0.2, 0.25) is 5.91 Å². The van der Waals surface area contributed by atoms with Crippen molar-refractivity contribution in [2.24, 2.45) is 5.92 Å². The maximum Gasteiger partial charge on any atom is 0.224 e. The van der Waals surface area contributed by atoms with Gasteiger partial charge in [-0.1, -0.05) is 18.2 Å². The van der Waals surface area contributed by atoms with Crippen molar-refractivity contribution < 1.29 is 19.7 Å². The van der Waals surface area contributed by atoms with Gasteiger partial charge in [-0.25, -0.2) is 0 Å². The number of phenolic OH excluding ortho intramolecular Hbond substituents is 1. The average Bonchev–Trinajstić information content (AvgIpc) is 3.05. The zero-order chi connectivity index (χ0) is 18.1. The molecular formula is C21H23NO4. The second-order valence-corrected chi connectivity index (χ2v) is 7.24. The van der Waals surface area contributed by atoms with Gasteiger partial charge in [-0.15, -0.1) is 0 Å². The number of phenols is 1. The zero-order valence-corrected chi connectivity index (χ0v) is 14.5. The van der Waals surface area contributed by atoms with Crippen LogP contribution in [0.15, 0.2) is 42.5 Å². The van der Waals surface area contributed by atoms with Gasteiger partial charge >= 0.3 is 0 Å². The molecule has 136 valence electrons. The molecule has 0 bridgehead atoms. The van der Waals surface area contributed by atoms with Gasteiger partial charge < -0.3 is 20.3 Å². The lowest BCUT2D eigenvalue weighted by atomic mass is 9.74. The number of benzene rings is 2. The van der Waals surface area contributed by atoms with E-state index in [0.29, 0.717) is 19.4 Å². The van der Waals surface area contributed by atoms with E-state index in [-0.39, 0.29) is 36.1 Å². The molecule has 1 saturated carbocycles. The summed E-state index contributed by atoms with van der Waals surface area (Å²) in [6.45, 7) is 0.704. The third-order valence-corrected chi connectivity index (χ3v) is 5.29. The number of hydrogen-bond acceptors (Lipinski definition) is 4. The number of aliphatic hydroxyl groups excluding tert-OH is 1. The summed E-state index contributed by atoms with van der Waals surface area (Å²) in [5.41, 5.74) is 3.02. The quantitative estimate of drug-likeness (QED) is 0.772. The third kappa shape index (κ3) is 3.53. The van der Waals surface area contributed by atoms with E-state index in [1.807, 2.05) is 18.2 Å². The Morgan fingerprint density at radius 3 is 2.85 bits per heavy atom. The molecule has 1 fully saturated rings. The number of ether oxygens (including phenoxy) is 1. The molecule has 26 heavy (non-hydrogen) atoms. The normalized spacial score (nSPS) is 22.0. The van der Waals surface area contributed by atoms with Crippen LogP contribution in [0, 0.1) is 5.92 Å². The van der Waals surface area contributed by atoms with Crippen molar-refractivity contribution in [1.82, 2.24) is 5.32 Å². The Bertz CT molecular complexity index is 813. The van der Waals surface area contributed by atoms with Gasteiger partial charge in [-0.3, -0.25) is 4.79 Å². The van der Waals surface area contributed by atoms with E-state index >= 15 is 0 Å². The summed E-state index contributed by atoms with van der Waals surface area (Å²) in [6.07, 6.45) is 2.23. The lowest BCUT2D eigenvalue weighted by Gasteiger charge is -2.38. The molecule has 4 rings (SSSR count). The van der Waals surface area contributed by atoms with Gasteiger partial charge in [0.15, 0.2) is 0 Å². The summed E-state index contributed by atoms with van der Waals surface area (Å²) in [7, 11) is 0. The molecule has 5 nitrogen and oxygen atoms in total.